The summed E-state index contributed by atoms with van der Waals surface area (Å²) in [6.45, 7) is 6.76. The molecule has 0 nitrogen and oxygen atoms in total. The summed E-state index contributed by atoms with van der Waals surface area (Å²) < 4.78 is 0. The average Bonchev–Trinajstić information content (AvgIpc) is 2.24. The second-order valence-corrected chi connectivity index (χ2v) is 6.67. The van der Waals surface area contributed by atoms with Gasteiger partial charge in [0.25, 0.3) is 0 Å². The highest BCUT2D eigenvalue weighted by molar-refractivity contribution is 7.99. The molecule has 1 aromatic carbocycles. The lowest BCUT2D eigenvalue weighted by Gasteiger charge is -2.19. The maximum Gasteiger partial charge on any atom is 0.00721 e. The van der Waals surface area contributed by atoms with E-state index in [2.05, 4.69) is 57.7 Å². The maximum absolute atomic E-state index is 4.22. The number of unbranched alkanes of at least 4 members (excludes halogenated alkanes) is 1. The number of rotatable bonds is 5. The van der Waals surface area contributed by atoms with Gasteiger partial charge in [0.1, 0.15) is 0 Å². The molecule has 0 spiro atoms. The van der Waals surface area contributed by atoms with Crippen molar-refractivity contribution in [2.75, 3.05) is 11.5 Å². The molecule has 0 aliphatic rings. The second kappa shape index (κ2) is 6.61. The largest absolute Gasteiger partial charge is 0.179 e. The highest BCUT2D eigenvalue weighted by Crippen LogP contribution is 2.26. The molecule has 0 atom stereocenters. The van der Waals surface area contributed by atoms with Crippen LogP contribution in [0.1, 0.15) is 39.2 Å². The van der Waals surface area contributed by atoms with Crippen molar-refractivity contribution in [1.82, 2.24) is 0 Å². The lowest BCUT2D eigenvalue weighted by molar-refractivity contribution is 0.590. The van der Waals surface area contributed by atoms with Gasteiger partial charge in [-0.05, 0) is 47.5 Å². The highest BCUT2D eigenvalue weighted by atomic mass is 32.2. The van der Waals surface area contributed by atoms with Crippen LogP contribution in [0, 0.1) is 0 Å². The molecule has 0 radical (unpaired) electrons. The molecule has 0 N–H and O–H groups in total. The van der Waals surface area contributed by atoms with Crippen LogP contribution >= 0.6 is 24.4 Å². The van der Waals surface area contributed by atoms with Crippen molar-refractivity contribution in [3.05, 3.63) is 29.8 Å². The Morgan fingerprint density at radius 2 is 1.69 bits per heavy atom. The second-order valence-electron chi connectivity index (χ2n) is 5.05. The van der Waals surface area contributed by atoms with Gasteiger partial charge >= 0.3 is 0 Å². The van der Waals surface area contributed by atoms with Crippen molar-refractivity contribution in [3.8, 4) is 0 Å². The lowest BCUT2D eigenvalue weighted by atomic mass is 9.87. The molecule has 0 saturated heterocycles. The number of thiol groups is 1. The van der Waals surface area contributed by atoms with Gasteiger partial charge in [0.05, 0.1) is 0 Å². The highest BCUT2D eigenvalue weighted by Gasteiger charge is 2.12. The Kier molecular flexibility index (Phi) is 5.77. The van der Waals surface area contributed by atoms with Crippen molar-refractivity contribution in [3.63, 3.8) is 0 Å². The molecule has 1 aromatic rings. The molecule has 0 saturated carbocycles. The van der Waals surface area contributed by atoms with Crippen LogP contribution in [0.3, 0.4) is 0 Å². The normalized spacial score (nSPS) is 11.8. The lowest BCUT2D eigenvalue weighted by Crippen LogP contribution is -2.10. The third-order valence-electron chi connectivity index (χ3n) is 2.54. The Morgan fingerprint density at radius 1 is 1.06 bits per heavy atom. The average molecular weight is 254 g/mol. The van der Waals surface area contributed by atoms with Crippen LogP contribution in [-0.2, 0) is 5.41 Å². The molecule has 0 unspecified atom stereocenters. The van der Waals surface area contributed by atoms with Gasteiger partial charge in [0, 0.05) is 4.90 Å². The quantitative estimate of drug-likeness (QED) is 0.448. The monoisotopic (exact) mass is 254 g/mol. The summed E-state index contributed by atoms with van der Waals surface area (Å²) in [6.07, 6.45) is 2.48. The maximum atomic E-state index is 4.22. The smallest absolute Gasteiger partial charge is 0.00721 e. The molecule has 0 heterocycles. The van der Waals surface area contributed by atoms with Crippen LogP contribution in [0.5, 0.6) is 0 Å². The minimum Gasteiger partial charge on any atom is -0.179 e. The summed E-state index contributed by atoms with van der Waals surface area (Å²) >= 11 is 6.16. The summed E-state index contributed by atoms with van der Waals surface area (Å²) in [5.74, 6) is 2.21. The molecule has 90 valence electrons. The number of hydrogen-bond acceptors (Lipinski definition) is 2. The SMILES string of the molecule is CC(C)(C)c1ccc(SCCCCS)cc1. The third-order valence-corrected chi connectivity index (χ3v) is 3.96. The van der Waals surface area contributed by atoms with E-state index in [4.69, 9.17) is 0 Å². The Bertz CT molecular complexity index is 296. The molecule has 16 heavy (non-hydrogen) atoms. The Labute approximate surface area is 110 Å². The van der Waals surface area contributed by atoms with Crippen molar-refractivity contribution in [2.45, 2.75) is 43.9 Å². The first kappa shape index (κ1) is 14.0. The Hall–Kier alpha value is -0.0800. The molecule has 1 rings (SSSR count). The van der Waals surface area contributed by atoms with Gasteiger partial charge in [-0.3, -0.25) is 0 Å². The fourth-order valence-corrected chi connectivity index (χ4v) is 2.59. The van der Waals surface area contributed by atoms with Crippen LogP contribution in [0.25, 0.3) is 0 Å². The first-order chi connectivity index (χ1) is 7.54. The van der Waals surface area contributed by atoms with E-state index in [1.54, 1.807) is 0 Å². The van der Waals surface area contributed by atoms with Crippen LogP contribution < -0.4 is 0 Å². The Balaban J connectivity index is 2.46. The summed E-state index contributed by atoms with van der Waals surface area (Å²) in [5.41, 5.74) is 1.67. The molecule has 0 aromatic heterocycles. The van der Waals surface area contributed by atoms with Gasteiger partial charge < -0.3 is 0 Å². The van der Waals surface area contributed by atoms with Gasteiger partial charge in [0.2, 0.25) is 0 Å². The van der Waals surface area contributed by atoms with Crippen LogP contribution in [-0.4, -0.2) is 11.5 Å². The van der Waals surface area contributed by atoms with Crippen LogP contribution in [0.15, 0.2) is 29.2 Å². The number of thioether (sulfide) groups is 1. The van der Waals surface area contributed by atoms with Crippen molar-refractivity contribution >= 4 is 24.4 Å². The first-order valence-corrected chi connectivity index (χ1v) is 7.50. The van der Waals surface area contributed by atoms with Gasteiger partial charge in [0.15, 0.2) is 0 Å². The van der Waals surface area contributed by atoms with Crippen molar-refractivity contribution in [2.24, 2.45) is 0 Å². The van der Waals surface area contributed by atoms with E-state index in [1.165, 1.54) is 29.1 Å². The van der Waals surface area contributed by atoms with Crippen LogP contribution in [0.4, 0.5) is 0 Å². The molecule has 2 heteroatoms. The molecule has 0 aliphatic carbocycles. The molecule has 0 amide bonds. The number of hydrogen-bond donors (Lipinski definition) is 1. The van der Waals surface area contributed by atoms with Crippen molar-refractivity contribution in [1.29, 1.82) is 0 Å². The van der Waals surface area contributed by atoms with E-state index < -0.39 is 0 Å². The standard InChI is InChI=1S/C14H22S2/c1-14(2,3)12-6-8-13(9-7-12)16-11-5-4-10-15/h6-9,15H,4-5,10-11H2,1-3H3. The van der Waals surface area contributed by atoms with Gasteiger partial charge in [-0.1, -0.05) is 32.9 Å². The van der Waals surface area contributed by atoms with E-state index in [9.17, 15) is 0 Å². The van der Waals surface area contributed by atoms with E-state index in [-0.39, 0.29) is 5.41 Å². The summed E-state index contributed by atoms with van der Waals surface area (Å²) in [6, 6.07) is 8.99. The fourth-order valence-electron chi connectivity index (χ4n) is 1.46. The van der Waals surface area contributed by atoms with Gasteiger partial charge in [-0.25, -0.2) is 0 Å². The van der Waals surface area contributed by atoms with Gasteiger partial charge in [-0.2, -0.15) is 12.6 Å². The van der Waals surface area contributed by atoms with E-state index >= 15 is 0 Å². The summed E-state index contributed by atoms with van der Waals surface area (Å²) in [7, 11) is 0. The topological polar surface area (TPSA) is 0 Å². The molecule has 0 fully saturated rings. The zero-order valence-corrected chi connectivity index (χ0v) is 12.2. The predicted molar refractivity (Wildman–Crippen MR) is 79.0 cm³/mol. The minimum absolute atomic E-state index is 0.259. The molecular weight excluding hydrogens is 232 g/mol. The molecular formula is C14H22S2. The Morgan fingerprint density at radius 3 is 2.19 bits per heavy atom. The van der Waals surface area contributed by atoms with Gasteiger partial charge in [-0.15, -0.1) is 11.8 Å². The zero-order chi connectivity index (χ0) is 12.0. The minimum atomic E-state index is 0.259. The summed E-state index contributed by atoms with van der Waals surface area (Å²) in [4.78, 5) is 1.38. The zero-order valence-electron chi connectivity index (χ0n) is 10.5. The van der Waals surface area contributed by atoms with Crippen LogP contribution in [0.2, 0.25) is 0 Å². The van der Waals surface area contributed by atoms with E-state index in [0.717, 1.165) is 5.75 Å². The predicted octanol–water partition coefficient (Wildman–Crippen LogP) is 4.79. The number of benzene rings is 1. The van der Waals surface area contributed by atoms with E-state index in [0.29, 0.717) is 0 Å². The molecule has 0 aliphatic heterocycles. The van der Waals surface area contributed by atoms with E-state index in [1.807, 2.05) is 11.8 Å². The third kappa shape index (κ3) is 4.84. The molecule has 0 bridgehead atoms. The fraction of sp³-hybridized carbons (Fsp3) is 0.571. The summed E-state index contributed by atoms with van der Waals surface area (Å²) in [5, 5.41) is 0. The van der Waals surface area contributed by atoms with Crippen molar-refractivity contribution < 1.29 is 0 Å². The first-order valence-electron chi connectivity index (χ1n) is 5.88.